The van der Waals surface area contributed by atoms with Crippen LogP contribution in [0.3, 0.4) is 0 Å². The molecule has 9 heteroatoms. The summed E-state index contributed by atoms with van der Waals surface area (Å²) in [5.41, 5.74) is 0.509. The highest BCUT2D eigenvalue weighted by molar-refractivity contribution is 8.14. The van der Waals surface area contributed by atoms with E-state index in [4.69, 9.17) is 18.9 Å². The fourth-order valence-electron chi connectivity index (χ4n) is 2.40. The second-order valence-electron chi connectivity index (χ2n) is 5.35. The van der Waals surface area contributed by atoms with Gasteiger partial charge in [-0.25, -0.2) is 4.39 Å². The van der Waals surface area contributed by atoms with Crippen LogP contribution in [0.4, 0.5) is 10.1 Å². The van der Waals surface area contributed by atoms with Crippen molar-refractivity contribution in [2.24, 2.45) is 0 Å². The first-order valence-corrected chi connectivity index (χ1v) is 8.85. The fraction of sp³-hybridized carbons (Fsp3) is 0.263. The Hall–Kier alpha value is -2.94. The molecular formula is C19H20FNO6S. The highest BCUT2D eigenvalue weighted by Crippen LogP contribution is 2.41. The van der Waals surface area contributed by atoms with E-state index in [0.717, 1.165) is 11.8 Å². The summed E-state index contributed by atoms with van der Waals surface area (Å²) in [6.07, 6.45) is 0. The zero-order valence-electron chi connectivity index (χ0n) is 15.8. The molecule has 7 nitrogen and oxygen atoms in total. The van der Waals surface area contributed by atoms with Crippen molar-refractivity contribution in [1.82, 2.24) is 0 Å². The molecule has 1 N–H and O–H groups in total. The van der Waals surface area contributed by atoms with Crippen molar-refractivity contribution in [1.29, 1.82) is 0 Å². The quantitative estimate of drug-likeness (QED) is 0.668. The molecule has 0 fully saturated rings. The SMILES string of the molecule is COc1ccc(C(=O)Sc2cc(OC)c(OC)c(OC)c2)cc1NC(=O)CF. The first kappa shape index (κ1) is 21.4. The predicted molar refractivity (Wildman–Crippen MR) is 104 cm³/mol. The second kappa shape index (κ2) is 9.84. The normalized spacial score (nSPS) is 10.2. The van der Waals surface area contributed by atoms with E-state index in [-0.39, 0.29) is 10.8 Å². The van der Waals surface area contributed by atoms with Gasteiger partial charge < -0.3 is 24.3 Å². The van der Waals surface area contributed by atoms with Crippen LogP contribution in [-0.4, -0.2) is 46.1 Å². The number of carbonyl (C=O) groups is 2. The van der Waals surface area contributed by atoms with Crippen LogP contribution in [0.1, 0.15) is 10.4 Å². The van der Waals surface area contributed by atoms with Gasteiger partial charge in [-0.3, -0.25) is 9.59 Å². The van der Waals surface area contributed by atoms with Crippen LogP contribution >= 0.6 is 11.8 Å². The standard InChI is InChI=1S/C19H20FNO6S/c1-24-14-6-5-11(7-13(14)21-17(22)10-20)19(23)28-12-8-15(25-2)18(27-4)16(9-12)26-3/h5-9H,10H2,1-4H3,(H,21,22). The van der Waals surface area contributed by atoms with Crippen molar-refractivity contribution in [3.63, 3.8) is 0 Å². The van der Waals surface area contributed by atoms with Crippen molar-refractivity contribution in [3.05, 3.63) is 35.9 Å². The van der Waals surface area contributed by atoms with Gasteiger partial charge in [-0.2, -0.15) is 0 Å². The topological polar surface area (TPSA) is 83.1 Å². The van der Waals surface area contributed by atoms with Crippen molar-refractivity contribution < 1.29 is 32.9 Å². The molecule has 2 rings (SSSR count). The van der Waals surface area contributed by atoms with Crippen LogP contribution in [0.2, 0.25) is 0 Å². The number of benzene rings is 2. The number of methoxy groups -OCH3 is 4. The summed E-state index contributed by atoms with van der Waals surface area (Å²) >= 11 is 0.940. The maximum absolute atomic E-state index is 12.7. The van der Waals surface area contributed by atoms with Gasteiger partial charge in [-0.15, -0.1) is 0 Å². The van der Waals surface area contributed by atoms with Gasteiger partial charge in [0.1, 0.15) is 5.75 Å². The number of amides is 1. The summed E-state index contributed by atoms with van der Waals surface area (Å²) < 4.78 is 33.5. The van der Waals surface area contributed by atoms with Crippen LogP contribution in [0.15, 0.2) is 35.2 Å². The molecule has 2 aromatic carbocycles. The summed E-state index contributed by atoms with van der Waals surface area (Å²) in [6, 6.07) is 7.81. The number of ether oxygens (including phenoxy) is 4. The minimum Gasteiger partial charge on any atom is -0.495 e. The third kappa shape index (κ3) is 4.86. The molecule has 0 aliphatic heterocycles. The van der Waals surface area contributed by atoms with E-state index in [1.54, 1.807) is 18.2 Å². The molecule has 0 radical (unpaired) electrons. The summed E-state index contributed by atoms with van der Waals surface area (Å²) in [4.78, 5) is 24.6. The Bertz CT molecular complexity index is 848. The minimum atomic E-state index is -1.18. The molecule has 0 atom stereocenters. The van der Waals surface area contributed by atoms with Gasteiger partial charge in [0.25, 0.3) is 5.91 Å². The minimum absolute atomic E-state index is 0.210. The largest absolute Gasteiger partial charge is 0.495 e. The summed E-state index contributed by atoms with van der Waals surface area (Å²) in [5, 5.41) is 2.07. The number of hydrogen-bond acceptors (Lipinski definition) is 7. The Morgan fingerprint density at radius 2 is 1.54 bits per heavy atom. The molecule has 1 amide bonds. The van der Waals surface area contributed by atoms with Gasteiger partial charge in [0.15, 0.2) is 18.2 Å². The molecule has 0 saturated carbocycles. The zero-order chi connectivity index (χ0) is 20.7. The third-order valence-electron chi connectivity index (χ3n) is 3.68. The van der Waals surface area contributed by atoms with Gasteiger partial charge >= 0.3 is 0 Å². The molecule has 0 unspecified atom stereocenters. The van der Waals surface area contributed by atoms with E-state index < -0.39 is 12.6 Å². The van der Waals surface area contributed by atoms with E-state index in [1.165, 1.54) is 40.6 Å². The molecule has 150 valence electrons. The lowest BCUT2D eigenvalue weighted by atomic mass is 10.2. The summed E-state index contributed by atoms with van der Waals surface area (Å²) in [6.45, 7) is -1.18. The second-order valence-corrected chi connectivity index (χ2v) is 6.39. The Labute approximate surface area is 166 Å². The van der Waals surface area contributed by atoms with Crippen LogP contribution in [0, 0.1) is 0 Å². The molecule has 28 heavy (non-hydrogen) atoms. The molecule has 2 aromatic rings. The molecule has 0 heterocycles. The monoisotopic (exact) mass is 409 g/mol. The number of alkyl halides is 1. The van der Waals surface area contributed by atoms with Crippen LogP contribution in [-0.2, 0) is 4.79 Å². The first-order chi connectivity index (χ1) is 13.5. The Morgan fingerprint density at radius 1 is 0.929 bits per heavy atom. The number of nitrogens with one attached hydrogen (secondary N) is 1. The number of hydrogen-bond donors (Lipinski definition) is 1. The lowest BCUT2D eigenvalue weighted by Gasteiger charge is -2.14. The average Bonchev–Trinajstić information content (AvgIpc) is 2.72. The van der Waals surface area contributed by atoms with Gasteiger partial charge in [0.2, 0.25) is 10.9 Å². The number of halogens is 1. The van der Waals surface area contributed by atoms with Crippen LogP contribution < -0.4 is 24.3 Å². The first-order valence-electron chi connectivity index (χ1n) is 8.03. The predicted octanol–water partition coefficient (Wildman–Crippen LogP) is 3.56. The molecular weight excluding hydrogens is 389 g/mol. The van der Waals surface area contributed by atoms with Gasteiger partial charge in [0, 0.05) is 10.5 Å². The third-order valence-corrected chi connectivity index (χ3v) is 4.57. The lowest BCUT2D eigenvalue weighted by Crippen LogP contribution is -2.14. The highest BCUT2D eigenvalue weighted by Gasteiger charge is 2.18. The van der Waals surface area contributed by atoms with Gasteiger partial charge in [-0.05, 0) is 42.1 Å². The van der Waals surface area contributed by atoms with Crippen molar-refractivity contribution in [3.8, 4) is 23.0 Å². The molecule has 0 spiro atoms. The van der Waals surface area contributed by atoms with Crippen LogP contribution in [0.5, 0.6) is 23.0 Å². The number of carbonyl (C=O) groups excluding carboxylic acids is 2. The zero-order valence-corrected chi connectivity index (χ0v) is 16.6. The van der Waals surface area contributed by atoms with Gasteiger partial charge in [-0.1, -0.05) is 0 Å². The smallest absolute Gasteiger partial charge is 0.255 e. The number of rotatable bonds is 8. The maximum atomic E-state index is 12.7. The molecule has 0 aliphatic rings. The van der Waals surface area contributed by atoms with E-state index in [9.17, 15) is 14.0 Å². The van der Waals surface area contributed by atoms with Crippen molar-refractivity contribution in [2.45, 2.75) is 4.90 Å². The van der Waals surface area contributed by atoms with Gasteiger partial charge in [0.05, 0.1) is 34.1 Å². The number of thioether (sulfide) groups is 1. The number of anilines is 1. The average molecular weight is 409 g/mol. The van der Waals surface area contributed by atoms with E-state index in [2.05, 4.69) is 5.32 Å². The van der Waals surface area contributed by atoms with Crippen molar-refractivity contribution >= 4 is 28.5 Å². The lowest BCUT2D eigenvalue weighted by molar-refractivity contribution is -0.117. The molecule has 0 bridgehead atoms. The van der Waals surface area contributed by atoms with E-state index in [1.807, 2.05) is 0 Å². The summed E-state index contributed by atoms with van der Waals surface area (Å²) in [7, 11) is 5.86. The Kier molecular flexibility index (Phi) is 7.51. The maximum Gasteiger partial charge on any atom is 0.255 e. The Balaban J connectivity index is 2.32. The van der Waals surface area contributed by atoms with Crippen LogP contribution in [0.25, 0.3) is 0 Å². The molecule has 0 saturated heterocycles. The fourth-order valence-corrected chi connectivity index (χ4v) is 3.19. The molecule has 0 aliphatic carbocycles. The van der Waals surface area contributed by atoms with Crippen molar-refractivity contribution in [2.75, 3.05) is 40.4 Å². The van der Waals surface area contributed by atoms with E-state index in [0.29, 0.717) is 33.5 Å². The van der Waals surface area contributed by atoms with E-state index >= 15 is 0 Å². The molecule has 0 aromatic heterocycles. The Morgan fingerprint density at radius 3 is 2.04 bits per heavy atom. The highest BCUT2D eigenvalue weighted by atomic mass is 32.2. The summed E-state index contributed by atoms with van der Waals surface area (Å²) in [5.74, 6) is 0.740.